The van der Waals surface area contributed by atoms with Gasteiger partial charge in [-0.3, -0.25) is 4.90 Å². The third-order valence-corrected chi connectivity index (χ3v) is 5.66. The molecule has 1 aromatic carbocycles. The van der Waals surface area contributed by atoms with Gasteiger partial charge in [0, 0.05) is 35.7 Å². The lowest BCUT2D eigenvalue weighted by Crippen LogP contribution is -2.62. The number of nitrogens with one attached hydrogen (secondary N) is 1. The molecule has 0 bridgehead atoms. The lowest BCUT2D eigenvalue weighted by Gasteiger charge is -2.46. The maximum Gasteiger partial charge on any atom is 0.119 e. The lowest BCUT2D eigenvalue weighted by atomic mass is 9.88. The predicted molar refractivity (Wildman–Crippen MR) is 91.9 cm³/mol. The SMILES string of the molecule is CCC1(CC)CN(Cc2cc(OC)ccc2Br)C(C)CN1. The summed E-state index contributed by atoms with van der Waals surface area (Å²) in [6.07, 6.45) is 2.35. The lowest BCUT2D eigenvalue weighted by molar-refractivity contribution is 0.0744. The second kappa shape index (κ2) is 7.12. The number of nitrogens with zero attached hydrogens (tertiary/aromatic N) is 1. The molecule has 1 aromatic rings. The van der Waals surface area contributed by atoms with Crippen LogP contribution in [0.2, 0.25) is 0 Å². The van der Waals surface area contributed by atoms with Crippen LogP contribution in [0, 0.1) is 0 Å². The van der Waals surface area contributed by atoms with Gasteiger partial charge in [0.2, 0.25) is 0 Å². The number of methoxy groups -OCH3 is 1. The Morgan fingerprint density at radius 2 is 2.10 bits per heavy atom. The fourth-order valence-electron chi connectivity index (χ4n) is 3.05. The minimum atomic E-state index is 0.262. The van der Waals surface area contributed by atoms with E-state index in [9.17, 15) is 0 Å². The molecule has 1 unspecified atom stereocenters. The summed E-state index contributed by atoms with van der Waals surface area (Å²) in [7, 11) is 1.72. The summed E-state index contributed by atoms with van der Waals surface area (Å²) in [5, 5.41) is 3.76. The van der Waals surface area contributed by atoms with Crippen LogP contribution < -0.4 is 10.1 Å². The van der Waals surface area contributed by atoms with Gasteiger partial charge in [-0.25, -0.2) is 0 Å². The van der Waals surface area contributed by atoms with E-state index >= 15 is 0 Å². The molecule has 1 fully saturated rings. The molecule has 118 valence electrons. The second-order valence-electron chi connectivity index (χ2n) is 6.08. The van der Waals surface area contributed by atoms with Crippen molar-refractivity contribution >= 4 is 15.9 Å². The molecule has 0 aromatic heterocycles. The molecule has 3 nitrogen and oxygen atoms in total. The van der Waals surface area contributed by atoms with Gasteiger partial charge in [0.25, 0.3) is 0 Å². The highest BCUT2D eigenvalue weighted by Crippen LogP contribution is 2.28. The number of rotatable bonds is 5. The Hall–Kier alpha value is -0.580. The van der Waals surface area contributed by atoms with Crippen LogP contribution in [-0.4, -0.2) is 36.7 Å². The molecule has 1 heterocycles. The zero-order valence-electron chi connectivity index (χ0n) is 13.6. The third-order valence-electron chi connectivity index (χ3n) is 4.88. The molecule has 0 spiro atoms. The van der Waals surface area contributed by atoms with Crippen molar-refractivity contribution < 1.29 is 4.74 Å². The van der Waals surface area contributed by atoms with Crippen molar-refractivity contribution in [1.82, 2.24) is 10.2 Å². The molecule has 0 radical (unpaired) electrons. The van der Waals surface area contributed by atoms with E-state index in [1.165, 1.54) is 18.4 Å². The molecule has 4 heteroatoms. The van der Waals surface area contributed by atoms with Crippen LogP contribution in [0.5, 0.6) is 5.75 Å². The Morgan fingerprint density at radius 1 is 1.38 bits per heavy atom. The van der Waals surface area contributed by atoms with Crippen molar-refractivity contribution in [3.63, 3.8) is 0 Å². The minimum absolute atomic E-state index is 0.262. The Kier molecular flexibility index (Phi) is 5.69. The zero-order valence-corrected chi connectivity index (χ0v) is 15.2. The topological polar surface area (TPSA) is 24.5 Å². The average molecular weight is 355 g/mol. The van der Waals surface area contributed by atoms with Crippen molar-refractivity contribution in [2.45, 2.75) is 51.7 Å². The Morgan fingerprint density at radius 3 is 2.71 bits per heavy atom. The predicted octanol–water partition coefficient (Wildman–Crippen LogP) is 3.81. The van der Waals surface area contributed by atoms with Gasteiger partial charge in [-0.1, -0.05) is 29.8 Å². The van der Waals surface area contributed by atoms with Gasteiger partial charge >= 0.3 is 0 Å². The van der Waals surface area contributed by atoms with Crippen LogP contribution in [-0.2, 0) is 6.54 Å². The number of halogens is 1. The molecule has 1 atom stereocenters. The Balaban J connectivity index is 2.17. The first-order valence-corrected chi connectivity index (χ1v) is 8.64. The fourth-order valence-corrected chi connectivity index (χ4v) is 3.42. The molecule has 0 aliphatic carbocycles. The monoisotopic (exact) mass is 354 g/mol. The van der Waals surface area contributed by atoms with Crippen LogP contribution in [0.25, 0.3) is 0 Å². The van der Waals surface area contributed by atoms with Gasteiger partial charge in [0.15, 0.2) is 0 Å². The van der Waals surface area contributed by atoms with Gasteiger partial charge in [0.05, 0.1) is 7.11 Å². The molecule has 1 aliphatic rings. The van der Waals surface area contributed by atoms with Gasteiger partial charge in [0.1, 0.15) is 5.75 Å². The number of benzene rings is 1. The van der Waals surface area contributed by atoms with E-state index in [0.29, 0.717) is 6.04 Å². The summed E-state index contributed by atoms with van der Waals surface area (Å²) in [4.78, 5) is 2.59. The molecule has 1 saturated heterocycles. The van der Waals surface area contributed by atoms with Crippen molar-refractivity contribution in [3.05, 3.63) is 28.2 Å². The molecule has 21 heavy (non-hydrogen) atoms. The van der Waals surface area contributed by atoms with Crippen molar-refractivity contribution in [1.29, 1.82) is 0 Å². The quantitative estimate of drug-likeness (QED) is 0.869. The maximum absolute atomic E-state index is 5.36. The largest absolute Gasteiger partial charge is 0.497 e. The molecule has 2 rings (SSSR count). The highest BCUT2D eigenvalue weighted by atomic mass is 79.9. The van der Waals surface area contributed by atoms with E-state index < -0.39 is 0 Å². The zero-order chi connectivity index (χ0) is 15.5. The summed E-state index contributed by atoms with van der Waals surface area (Å²) < 4.78 is 6.52. The smallest absolute Gasteiger partial charge is 0.119 e. The first-order chi connectivity index (χ1) is 10.0. The minimum Gasteiger partial charge on any atom is -0.497 e. The van der Waals surface area contributed by atoms with Crippen molar-refractivity contribution in [2.24, 2.45) is 0 Å². The third kappa shape index (κ3) is 3.79. The van der Waals surface area contributed by atoms with Crippen LogP contribution >= 0.6 is 15.9 Å². The van der Waals surface area contributed by atoms with Crippen LogP contribution in [0.15, 0.2) is 22.7 Å². The van der Waals surface area contributed by atoms with Crippen molar-refractivity contribution in [3.8, 4) is 5.75 Å². The van der Waals surface area contributed by atoms with E-state index in [1.807, 2.05) is 6.07 Å². The highest BCUT2D eigenvalue weighted by Gasteiger charge is 2.35. The number of hydrogen-bond donors (Lipinski definition) is 1. The summed E-state index contributed by atoms with van der Waals surface area (Å²) in [6.45, 7) is 9.99. The summed E-state index contributed by atoms with van der Waals surface area (Å²) in [5.41, 5.74) is 1.56. The number of piperazine rings is 1. The van der Waals surface area contributed by atoms with Crippen molar-refractivity contribution in [2.75, 3.05) is 20.2 Å². The Labute approximate surface area is 137 Å². The normalized spacial score (nSPS) is 22.2. The van der Waals surface area contributed by atoms with Gasteiger partial charge in [-0.05, 0) is 43.5 Å². The van der Waals surface area contributed by atoms with E-state index in [1.54, 1.807) is 7.11 Å². The number of hydrogen-bond acceptors (Lipinski definition) is 3. The summed E-state index contributed by atoms with van der Waals surface area (Å²) in [5.74, 6) is 0.924. The van der Waals surface area contributed by atoms with E-state index in [2.05, 4.69) is 59.1 Å². The highest BCUT2D eigenvalue weighted by molar-refractivity contribution is 9.10. The average Bonchev–Trinajstić information content (AvgIpc) is 2.52. The molecule has 0 amide bonds. The summed E-state index contributed by atoms with van der Waals surface area (Å²) in [6, 6.07) is 6.76. The van der Waals surface area contributed by atoms with Gasteiger partial charge in [-0.15, -0.1) is 0 Å². The molecule has 1 aliphatic heterocycles. The van der Waals surface area contributed by atoms with Gasteiger partial charge < -0.3 is 10.1 Å². The Bertz CT molecular complexity index is 474. The fraction of sp³-hybridized carbons (Fsp3) is 0.647. The van der Waals surface area contributed by atoms with E-state index in [4.69, 9.17) is 4.74 Å². The van der Waals surface area contributed by atoms with Gasteiger partial charge in [-0.2, -0.15) is 0 Å². The standard InChI is InChI=1S/C17H27BrN2O/c1-5-17(6-2)12-20(13(3)10-19-17)11-14-9-15(21-4)7-8-16(14)18/h7-9,13,19H,5-6,10-12H2,1-4H3. The first kappa shape index (κ1) is 16.8. The second-order valence-corrected chi connectivity index (χ2v) is 6.93. The van der Waals surface area contributed by atoms with E-state index in [-0.39, 0.29) is 5.54 Å². The maximum atomic E-state index is 5.36. The molecular weight excluding hydrogens is 328 g/mol. The van der Waals surface area contributed by atoms with Crippen LogP contribution in [0.4, 0.5) is 0 Å². The van der Waals surface area contributed by atoms with Crippen LogP contribution in [0.1, 0.15) is 39.2 Å². The van der Waals surface area contributed by atoms with E-state index in [0.717, 1.165) is 29.9 Å². The number of ether oxygens (including phenoxy) is 1. The molecular formula is C17H27BrN2O. The molecule has 1 N–H and O–H groups in total. The van der Waals surface area contributed by atoms with Crippen LogP contribution in [0.3, 0.4) is 0 Å². The summed E-state index contributed by atoms with van der Waals surface area (Å²) >= 11 is 3.67. The first-order valence-electron chi connectivity index (χ1n) is 7.85. The molecule has 0 saturated carbocycles.